The maximum absolute atomic E-state index is 12.3. The van der Waals surface area contributed by atoms with Gasteiger partial charge in [-0.15, -0.1) is 11.8 Å². The van der Waals surface area contributed by atoms with Gasteiger partial charge < -0.3 is 9.92 Å². The van der Waals surface area contributed by atoms with Crippen molar-refractivity contribution >= 4 is 34.5 Å². The van der Waals surface area contributed by atoms with Crippen LogP contribution >= 0.6 is 11.8 Å². The van der Waals surface area contributed by atoms with Gasteiger partial charge in [0.05, 0.1) is 11.8 Å². The van der Waals surface area contributed by atoms with Crippen molar-refractivity contribution < 1.29 is 30.6 Å². The van der Waals surface area contributed by atoms with Gasteiger partial charge in [-0.2, -0.15) is 26.9 Å². The molecule has 0 fully saturated rings. The molecule has 0 aromatic carbocycles. The molecule has 0 saturated carbocycles. The molecule has 0 unspecified atom stereocenters. The van der Waals surface area contributed by atoms with Crippen molar-refractivity contribution in [2.75, 3.05) is 11.5 Å². The molecule has 0 aromatic heterocycles. The predicted octanol–water partition coefficient (Wildman–Crippen LogP) is 1.84. The van der Waals surface area contributed by atoms with Gasteiger partial charge in [0.1, 0.15) is 0 Å². The summed E-state index contributed by atoms with van der Waals surface area (Å²) in [5, 5.41) is 9.09. The maximum atomic E-state index is 12.3. The summed E-state index contributed by atoms with van der Waals surface area (Å²) in [6.45, 7) is 4.52. The number of nitrogens with two attached hydrogens (primary N) is 1. The molecule has 2 N–H and O–H groups in total. The Labute approximate surface area is 141 Å². The first-order valence-electron chi connectivity index (χ1n) is 6.15. The second-order valence-corrected chi connectivity index (χ2v) is 6.58. The molecule has 0 saturated heterocycles. The number of alkyl halides is 3. The number of hydrogen-bond donors (Lipinski definition) is 1. The van der Waals surface area contributed by atoms with Crippen LogP contribution < -0.4 is 5.73 Å². The molecule has 1 amide bonds. The van der Waals surface area contributed by atoms with Crippen LogP contribution in [-0.2, 0) is 19.1 Å². The highest BCUT2D eigenvalue weighted by atomic mass is 32.2. The third-order valence-corrected chi connectivity index (χ3v) is 4.26. The zero-order valence-electron chi connectivity index (χ0n) is 12.5. The molecule has 0 aromatic rings. The van der Waals surface area contributed by atoms with Crippen molar-refractivity contribution in [3.8, 4) is 6.07 Å². The first kappa shape index (κ1) is 22.0. The molecule has 7 nitrogen and oxygen atoms in total. The third-order valence-electron chi connectivity index (χ3n) is 2.33. The number of hydrogen-bond acceptors (Lipinski definition) is 7. The summed E-state index contributed by atoms with van der Waals surface area (Å²) in [5.41, 5.74) is -0.370. The molecule has 24 heavy (non-hydrogen) atoms. The molecule has 134 valence electrons. The number of thioether (sulfide) groups is 1. The van der Waals surface area contributed by atoms with E-state index in [1.54, 1.807) is 6.92 Å². The SMILES string of the molecule is C=N/C(=C\C(CC)=C(\C#N)CSCC(N)=O)OS(=O)(=O)C(F)(F)F. The average Bonchev–Trinajstić information content (AvgIpc) is 2.46. The lowest BCUT2D eigenvalue weighted by Gasteiger charge is -2.10. The molecule has 0 heterocycles. The van der Waals surface area contributed by atoms with Crippen molar-refractivity contribution in [2.24, 2.45) is 10.7 Å². The fourth-order valence-electron chi connectivity index (χ4n) is 1.26. The van der Waals surface area contributed by atoms with Gasteiger partial charge in [0.2, 0.25) is 11.8 Å². The Balaban J connectivity index is 5.57. The molecule has 0 aliphatic heterocycles. The molecule has 0 radical (unpaired) electrons. The molecule has 0 atom stereocenters. The van der Waals surface area contributed by atoms with E-state index in [4.69, 9.17) is 11.0 Å². The second-order valence-electron chi connectivity index (χ2n) is 4.05. The van der Waals surface area contributed by atoms with Crippen LogP contribution in [0.25, 0.3) is 0 Å². The fourth-order valence-corrected chi connectivity index (χ4v) is 2.44. The number of carbonyl (C=O) groups excluding carboxylic acids is 1. The van der Waals surface area contributed by atoms with E-state index in [1.807, 2.05) is 6.07 Å². The van der Waals surface area contributed by atoms with Gasteiger partial charge in [-0.3, -0.25) is 4.79 Å². The molecular formula is C12H14F3N3O4S2. The summed E-state index contributed by atoms with van der Waals surface area (Å²) in [7, 11) is -5.90. The minimum Gasteiger partial charge on any atom is -0.369 e. The summed E-state index contributed by atoms with van der Waals surface area (Å²) in [5.74, 6) is -1.52. The van der Waals surface area contributed by atoms with E-state index >= 15 is 0 Å². The van der Waals surface area contributed by atoms with Crippen molar-refractivity contribution in [1.82, 2.24) is 0 Å². The Morgan fingerprint density at radius 2 is 2.04 bits per heavy atom. The van der Waals surface area contributed by atoms with Crippen LogP contribution in [0.3, 0.4) is 0 Å². The normalized spacial score (nSPS) is 13.7. The average molecular weight is 385 g/mol. The first-order valence-corrected chi connectivity index (χ1v) is 8.72. The van der Waals surface area contributed by atoms with Crippen molar-refractivity contribution in [3.63, 3.8) is 0 Å². The standard InChI is InChI=1S/C12H14F3N3O4S2/c1-3-8(9(5-16)6-23-7-10(17)19)4-11(18-2)22-24(20,21)12(13,14)15/h4H,2-3,6-7H2,1H3,(H2,17,19)/b9-8-,11-4+. The van der Waals surface area contributed by atoms with Crippen LogP contribution in [0.4, 0.5) is 13.2 Å². The zero-order chi connectivity index (χ0) is 19.0. The van der Waals surface area contributed by atoms with Crippen LogP contribution in [0.5, 0.6) is 0 Å². The Kier molecular flexibility index (Phi) is 8.56. The van der Waals surface area contributed by atoms with Gasteiger partial charge in [-0.1, -0.05) is 6.92 Å². The number of rotatable bonds is 9. The lowest BCUT2D eigenvalue weighted by molar-refractivity contribution is -0.115. The van der Waals surface area contributed by atoms with Crippen LogP contribution in [0.15, 0.2) is 28.1 Å². The van der Waals surface area contributed by atoms with E-state index in [0.29, 0.717) is 0 Å². The van der Waals surface area contributed by atoms with E-state index < -0.39 is 27.4 Å². The number of carbonyl (C=O) groups is 1. The number of halogens is 3. The molecule has 0 aliphatic carbocycles. The minimum atomic E-state index is -5.90. The summed E-state index contributed by atoms with van der Waals surface area (Å²) in [6, 6.07) is 1.82. The quantitative estimate of drug-likeness (QED) is 0.161. The monoisotopic (exact) mass is 385 g/mol. The van der Waals surface area contributed by atoms with Gasteiger partial charge in [-0.05, 0) is 18.7 Å². The molecule has 0 rings (SSSR count). The smallest absolute Gasteiger partial charge is 0.369 e. The summed E-state index contributed by atoms with van der Waals surface area (Å²) < 4.78 is 62.7. The molecule has 0 bridgehead atoms. The van der Waals surface area contributed by atoms with Gasteiger partial charge in [0.25, 0.3) is 0 Å². The van der Waals surface area contributed by atoms with E-state index in [9.17, 15) is 26.4 Å². The van der Waals surface area contributed by atoms with Crippen molar-refractivity contribution in [3.05, 3.63) is 23.1 Å². The van der Waals surface area contributed by atoms with Gasteiger partial charge in [0, 0.05) is 17.4 Å². The molecule has 0 spiro atoms. The van der Waals surface area contributed by atoms with E-state index in [2.05, 4.69) is 15.9 Å². The molecule has 0 aliphatic rings. The number of allylic oxidation sites excluding steroid dienone is 2. The van der Waals surface area contributed by atoms with Crippen LogP contribution in [0.2, 0.25) is 0 Å². The van der Waals surface area contributed by atoms with E-state index in [1.165, 1.54) is 0 Å². The number of primary amides is 1. The zero-order valence-corrected chi connectivity index (χ0v) is 14.1. The fraction of sp³-hybridized carbons (Fsp3) is 0.417. The molecule has 12 heteroatoms. The largest absolute Gasteiger partial charge is 0.534 e. The van der Waals surface area contributed by atoms with E-state index in [-0.39, 0.29) is 29.1 Å². The summed E-state index contributed by atoms with van der Waals surface area (Å²) in [6.07, 6.45) is 1.05. The predicted molar refractivity (Wildman–Crippen MR) is 83.1 cm³/mol. The van der Waals surface area contributed by atoms with Crippen LogP contribution in [-0.4, -0.2) is 38.1 Å². The summed E-state index contributed by atoms with van der Waals surface area (Å²) in [4.78, 5) is 13.7. The van der Waals surface area contributed by atoms with Gasteiger partial charge in [0.15, 0.2) is 0 Å². The Hall–Kier alpha value is -2.00. The minimum absolute atomic E-state index is 0.0511. The number of amides is 1. The van der Waals surface area contributed by atoms with Gasteiger partial charge in [-0.25, -0.2) is 4.99 Å². The highest BCUT2D eigenvalue weighted by molar-refractivity contribution is 8.00. The first-order chi connectivity index (χ1) is 11.0. The number of nitrogens with zero attached hydrogens (tertiary/aromatic N) is 2. The van der Waals surface area contributed by atoms with Crippen molar-refractivity contribution in [2.45, 2.75) is 18.9 Å². The number of aliphatic imine (C=N–C) groups is 1. The maximum Gasteiger partial charge on any atom is 0.534 e. The topological polar surface area (TPSA) is 123 Å². The number of nitriles is 1. The highest BCUT2D eigenvalue weighted by Gasteiger charge is 2.49. The Morgan fingerprint density at radius 3 is 2.42 bits per heavy atom. The van der Waals surface area contributed by atoms with Gasteiger partial charge >= 0.3 is 15.6 Å². The lowest BCUT2D eigenvalue weighted by atomic mass is 10.1. The highest BCUT2D eigenvalue weighted by Crippen LogP contribution is 2.27. The second kappa shape index (κ2) is 9.33. The van der Waals surface area contributed by atoms with Crippen molar-refractivity contribution in [1.29, 1.82) is 5.26 Å². The molecular weight excluding hydrogens is 371 g/mol. The van der Waals surface area contributed by atoms with Crippen LogP contribution in [0.1, 0.15) is 13.3 Å². The Bertz CT molecular complexity index is 691. The summed E-state index contributed by atoms with van der Waals surface area (Å²) >= 11 is 1.02. The Morgan fingerprint density at radius 1 is 1.46 bits per heavy atom. The van der Waals surface area contributed by atoms with E-state index in [0.717, 1.165) is 17.8 Å². The lowest BCUT2D eigenvalue weighted by Crippen LogP contribution is -2.25. The third kappa shape index (κ3) is 7.05. The van der Waals surface area contributed by atoms with Crippen LogP contribution in [0, 0.1) is 11.3 Å².